The van der Waals surface area contributed by atoms with E-state index in [1.165, 1.54) is 24.3 Å². The fourth-order valence-corrected chi connectivity index (χ4v) is 4.56. The summed E-state index contributed by atoms with van der Waals surface area (Å²) in [5, 5.41) is 18.7. The first kappa shape index (κ1) is 26.0. The molecule has 0 aliphatic carbocycles. The number of aliphatic hydroxyl groups is 1. The van der Waals surface area contributed by atoms with E-state index in [1.807, 2.05) is 45.0 Å². The Hall–Kier alpha value is -2.64. The van der Waals surface area contributed by atoms with Gasteiger partial charge in [-0.05, 0) is 68.4 Å². The fraction of sp³-hybridized carbons (Fsp3) is 0.269. The summed E-state index contributed by atoms with van der Waals surface area (Å²) >= 11 is 6.23. The number of carbonyl (C=O) groups excluding carboxylic acids is 1. The topological polar surface area (TPSA) is 70.6 Å². The molecule has 3 aromatic rings. The van der Waals surface area contributed by atoms with Crippen molar-refractivity contribution in [3.8, 4) is 5.75 Å². The van der Waals surface area contributed by atoms with Gasteiger partial charge in [-0.15, -0.1) is 12.4 Å². The third kappa shape index (κ3) is 4.64. The maximum Gasteiger partial charge on any atom is 0.255 e. The molecule has 180 valence electrons. The number of hydrogen-bond donors (Lipinski definition) is 3. The van der Waals surface area contributed by atoms with Crippen LogP contribution in [-0.4, -0.2) is 28.9 Å². The van der Waals surface area contributed by atoms with Crippen LogP contribution >= 0.6 is 24.0 Å². The van der Waals surface area contributed by atoms with Gasteiger partial charge in [0.2, 0.25) is 0 Å². The first-order valence-electron chi connectivity index (χ1n) is 10.8. The molecule has 2 unspecified atom stereocenters. The summed E-state index contributed by atoms with van der Waals surface area (Å²) in [6.07, 6.45) is 0. The van der Waals surface area contributed by atoms with Crippen LogP contribution in [0.5, 0.6) is 5.75 Å². The highest BCUT2D eigenvalue weighted by molar-refractivity contribution is 6.30. The van der Waals surface area contributed by atoms with Gasteiger partial charge in [0, 0.05) is 21.8 Å². The molecule has 0 radical (unpaired) electrons. The van der Waals surface area contributed by atoms with Crippen molar-refractivity contribution in [1.82, 2.24) is 5.32 Å². The predicted molar refractivity (Wildman–Crippen MR) is 135 cm³/mol. The van der Waals surface area contributed by atoms with Crippen LogP contribution in [0.15, 0.2) is 66.7 Å². The Balaban J connectivity index is 0.00000324. The number of fused-ring (bicyclic) bond motifs is 1. The van der Waals surface area contributed by atoms with E-state index < -0.39 is 23.1 Å². The first-order valence-corrected chi connectivity index (χ1v) is 11.2. The molecular formula is C26H27Cl2FN2O3. The highest BCUT2D eigenvalue weighted by Gasteiger charge is 2.56. The van der Waals surface area contributed by atoms with Crippen molar-refractivity contribution in [2.24, 2.45) is 0 Å². The summed E-state index contributed by atoms with van der Waals surface area (Å²) < 4.78 is 19.5. The zero-order valence-electron chi connectivity index (χ0n) is 19.1. The third-order valence-corrected chi connectivity index (χ3v) is 6.30. The number of ether oxygens (including phenoxy) is 1. The Bertz CT molecular complexity index is 1190. The maximum atomic E-state index is 13.3. The van der Waals surface area contributed by atoms with Crippen LogP contribution in [0.3, 0.4) is 0 Å². The molecule has 5 nitrogen and oxygen atoms in total. The lowest BCUT2D eigenvalue weighted by atomic mass is 9.72. The Morgan fingerprint density at radius 1 is 1.09 bits per heavy atom. The second-order valence-electron chi connectivity index (χ2n) is 8.57. The summed E-state index contributed by atoms with van der Waals surface area (Å²) in [5.41, 5.74) is -0.222. The number of nitrogens with one attached hydrogen (secondary N) is 2. The monoisotopic (exact) mass is 504 g/mol. The average Bonchev–Trinajstić information content (AvgIpc) is 2.76. The number of amides is 1. The Labute approximate surface area is 209 Å². The molecule has 1 aliphatic heterocycles. The largest absolute Gasteiger partial charge is 0.483 e. The predicted octanol–water partition coefficient (Wildman–Crippen LogP) is 5.75. The van der Waals surface area contributed by atoms with Gasteiger partial charge in [0.05, 0.1) is 5.92 Å². The number of para-hydroxylation sites is 1. The van der Waals surface area contributed by atoms with Crippen molar-refractivity contribution in [3.05, 3.63) is 94.3 Å². The molecule has 1 heterocycles. The van der Waals surface area contributed by atoms with Crippen molar-refractivity contribution in [2.75, 3.05) is 11.9 Å². The molecule has 0 saturated heterocycles. The minimum Gasteiger partial charge on any atom is -0.483 e. The molecule has 0 fully saturated rings. The van der Waals surface area contributed by atoms with Crippen LogP contribution in [0.25, 0.3) is 0 Å². The van der Waals surface area contributed by atoms with E-state index in [-0.39, 0.29) is 18.3 Å². The summed E-state index contributed by atoms with van der Waals surface area (Å²) in [6.45, 7) is 6.02. The van der Waals surface area contributed by atoms with Crippen molar-refractivity contribution < 1.29 is 19.0 Å². The van der Waals surface area contributed by atoms with Crippen molar-refractivity contribution in [2.45, 2.75) is 38.0 Å². The normalized spacial score (nSPS) is 20.5. The lowest BCUT2D eigenvalue weighted by molar-refractivity contribution is -0.157. The molecule has 2 atom stereocenters. The molecule has 8 heteroatoms. The second-order valence-corrected chi connectivity index (χ2v) is 9.01. The van der Waals surface area contributed by atoms with Gasteiger partial charge >= 0.3 is 0 Å². The Morgan fingerprint density at radius 2 is 1.76 bits per heavy atom. The van der Waals surface area contributed by atoms with Gasteiger partial charge in [0.25, 0.3) is 5.91 Å². The van der Waals surface area contributed by atoms with Crippen molar-refractivity contribution in [3.63, 3.8) is 0 Å². The zero-order chi connectivity index (χ0) is 23.8. The average molecular weight is 505 g/mol. The number of benzene rings is 3. The van der Waals surface area contributed by atoms with E-state index in [9.17, 15) is 14.3 Å². The van der Waals surface area contributed by atoms with Gasteiger partial charge < -0.3 is 15.2 Å². The molecule has 0 saturated carbocycles. The number of halogens is 3. The molecule has 0 spiro atoms. The summed E-state index contributed by atoms with van der Waals surface area (Å²) in [6, 6.07) is 18.0. The van der Waals surface area contributed by atoms with E-state index >= 15 is 0 Å². The quantitative estimate of drug-likeness (QED) is 0.386. The van der Waals surface area contributed by atoms with Crippen LogP contribution in [0.1, 0.15) is 48.2 Å². The molecule has 1 aliphatic rings. The van der Waals surface area contributed by atoms with Crippen LogP contribution in [-0.2, 0) is 0 Å². The van der Waals surface area contributed by atoms with E-state index in [4.69, 9.17) is 16.3 Å². The van der Waals surface area contributed by atoms with Gasteiger partial charge in [-0.25, -0.2) is 4.39 Å². The highest BCUT2D eigenvalue weighted by atomic mass is 35.5. The molecule has 4 rings (SSSR count). The number of hydrogen-bond acceptors (Lipinski definition) is 4. The summed E-state index contributed by atoms with van der Waals surface area (Å²) in [4.78, 5) is 12.9. The second kappa shape index (κ2) is 9.92. The molecule has 1 amide bonds. The van der Waals surface area contributed by atoms with E-state index in [0.29, 0.717) is 34.1 Å². The summed E-state index contributed by atoms with van der Waals surface area (Å²) in [5.74, 6) is -0.808. The Morgan fingerprint density at radius 3 is 2.44 bits per heavy atom. The van der Waals surface area contributed by atoms with Gasteiger partial charge in [0.1, 0.15) is 17.2 Å². The highest BCUT2D eigenvalue weighted by Crippen LogP contribution is 2.51. The number of carbonyl (C=O) groups is 1. The number of anilines is 1. The number of rotatable bonds is 5. The fourth-order valence-electron chi connectivity index (χ4n) is 4.40. The SMILES string of the molecule is CCNC1(O)C(c2ccccc2NC(=O)c2ccc(F)cc2)c2ccc(Cl)cc2OC1(C)C.Cl. The van der Waals surface area contributed by atoms with Crippen molar-refractivity contribution >= 4 is 35.6 Å². The standard InChI is InChI=1S/C26H26ClFN2O3.ClH/c1-4-29-26(32)23(20-14-11-17(27)15-22(20)33-25(26,2)3)19-7-5-6-8-21(19)30-24(31)16-9-12-18(28)13-10-16;/h5-15,23,29,32H,4H2,1-3H3,(H,30,31);1H. The molecule has 3 aromatic carbocycles. The first-order chi connectivity index (χ1) is 15.7. The number of likely N-dealkylation sites (N-methyl/N-ethyl adjacent to an activating group) is 1. The van der Waals surface area contributed by atoms with Crippen LogP contribution in [0.4, 0.5) is 10.1 Å². The van der Waals surface area contributed by atoms with Gasteiger partial charge in [-0.1, -0.05) is 42.8 Å². The zero-order valence-corrected chi connectivity index (χ0v) is 20.6. The minimum atomic E-state index is -1.50. The molecule has 3 N–H and O–H groups in total. The van der Waals surface area contributed by atoms with E-state index in [0.717, 1.165) is 5.56 Å². The molecule has 0 aromatic heterocycles. The van der Waals surface area contributed by atoms with Crippen LogP contribution < -0.4 is 15.4 Å². The molecule has 0 bridgehead atoms. The van der Waals surface area contributed by atoms with Crippen molar-refractivity contribution in [1.29, 1.82) is 0 Å². The third-order valence-electron chi connectivity index (χ3n) is 6.06. The summed E-state index contributed by atoms with van der Waals surface area (Å²) in [7, 11) is 0. The lowest BCUT2D eigenvalue weighted by Gasteiger charge is -2.52. The van der Waals surface area contributed by atoms with Gasteiger partial charge in [-0.3, -0.25) is 10.1 Å². The van der Waals surface area contributed by atoms with Gasteiger partial charge in [-0.2, -0.15) is 0 Å². The van der Waals surface area contributed by atoms with E-state index in [2.05, 4.69) is 10.6 Å². The van der Waals surface area contributed by atoms with Crippen LogP contribution in [0.2, 0.25) is 5.02 Å². The smallest absolute Gasteiger partial charge is 0.255 e. The minimum absolute atomic E-state index is 0. The van der Waals surface area contributed by atoms with E-state index in [1.54, 1.807) is 18.2 Å². The van der Waals surface area contributed by atoms with Crippen LogP contribution in [0, 0.1) is 5.82 Å². The molecular weight excluding hydrogens is 478 g/mol. The maximum absolute atomic E-state index is 13.3. The lowest BCUT2D eigenvalue weighted by Crippen LogP contribution is -2.68. The Kier molecular flexibility index (Phi) is 7.58. The van der Waals surface area contributed by atoms with Gasteiger partial charge in [0.15, 0.2) is 5.72 Å². The molecule has 34 heavy (non-hydrogen) atoms.